The normalized spacial score (nSPS) is 17.5. The second-order valence-electron chi connectivity index (χ2n) is 4.79. The van der Waals surface area contributed by atoms with Crippen LogP contribution in [0.25, 0.3) is 0 Å². The molecule has 0 aliphatic carbocycles. The van der Waals surface area contributed by atoms with E-state index in [2.05, 4.69) is 14.7 Å². The minimum Gasteiger partial charge on any atom is -0.497 e. The summed E-state index contributed by atoms with van der Waals surface area (Å²) in [6, 6.07) is 6.91. The highest BCUT2D eigenvalue weighted by Crippen LogP contribution is 2.14. The largest absolute Gasteiger partial charge is 0.497 e. The lowest BCUT2D eigenvalue weighted by Crippen LogP contribution is -2.40. The molecule has 1 heterocycles. The van der Waals surface area contributed by atoms with E-state index in [4.69, 9.17) is 20.9 Å². The van der Waals surface area contributed by atoms with Crippen molar-refractivity contribution in [3.8, 4) is 5.75 Å². The molecule has 1 aliphatic rings. The van der Waals surface area contributed by atoms with Crippen molar-refractivity contribution in [3.63, 3.8) is 0 Å². The number of morpholine rings is 1. The molecule has 11 heteroatoms. The summed E-state index contributed by atoms with van der Waals surface area (Å²) in [6.45, 7) is 1.09. The topological polar surface area (TPSA) is 145 Å². The molecule has 1 aromatic carbocycles. The Balaban J connectivity index is 2.04. The maximum Gasteiger partial charge on any atom is 0.325 e. The Bertz CT molecular complexity index is 710. The number of methoxy groups -OCH3 is 1. The summed E-state index contributed by atoms with van der Waals surface area (Å²) in [5.74, 6) is 0.146. The van der Waals surface area contributed by atoms with Crippen LogP contribution in [0, 0.1) is 0 Å². The van der Waals surface area contributed by atoms with E-state index in [9.17, 15) is 8.42 Å². The van der Waals surface area contributed by atoms with Crippen molar-refractivity contribution in [2.75, 3.05) is 38.7 Å². The molecule has 1 aliphatic heterocycles. The van der Waals surface area contributed by atoms with Crippen molar-refractivity contribution < 1.29 is 17.9 Å². The second kappa shape index (κ2) is 7.95. The predicted octanol–water partition coefficient (Wildman–Crippen LogP) is -0.686. The highest BCUT2D eigenvalue weighted by atomic mass is 32.2. The summed E-state index contributed by atoms with van der Waals surface area (Å²) in [5.41, 5.74) is 11.9. The van der Waals surface area contributed by atoms with Gasteiger partial charge < -0.3 is 26.3 Å². The molecule has 10 nitrogen and oxygen atoms in total. The van der Waals surface area contributed by atoms with E-state index in [1.165, 1.54) is 4.31 Å². The maximum atomic E-state index is 12.1. The molecule has 0 saturated carbocycles. The average molecular weight is 356 g/mol. The van der Waals surface area contributed by atoms with Gasteiger partial charge in [-0.1, -0.05) is 0 Å². The van der Waals surface area contributed by atoms with Crippen molar-refractivity contribution in [2.45, 2.75) is 0 Å². The Morgan fingerprint density at radius 2 is 1.88 bits per heavy atom. The lowest BCUT2D eigenvalue weighted by molar-refractivity contribution is 0.0731. The van der Waals surface area contributed by atoms with Gasteiger partial charge in [0.05, 0.1) is 20.3 Å². The van der Waals surface area contributed by atoms with Crippen molar-refractivity contribution in [1.82, 2.24) is 4.31 Å². The Hall–Kier alpha value is -2.37. The number of aliphatic imine (C=N–C) groups is 1. The van der Waals surface area contributed by atoms with E-state index in [0.29, 0.717) is 24.7 Å². The Kier molecular flexibility index (Phi) is 5.95. The molecule has 2 rings (SSSR count). The van der Waals surface area contributed by atoms with Crippen LogP contribution in [-0.2, 0) is 14.9 Å². The predicted molar refractivity (Wildman–Crippen MR) is 91.2 cm³/mol. The fourth-order valence-electron chi connectivity index (χ4n) is 1.95. The number of hydrogen-bond donors (Lipinski definition) is 3. The molecule has 0 aromatic heterocycles. The number of guanidine groups is 2. The molecule has 0 atom stereocenters. The van der Waals surface area contributed by atoms with Gasteiger partial charge in [0.15, 0.2) is 0 Å². The zero-order chi connectivity index (χ0) is 17.6. The van der Waals surface area contributed by atoms with Crippen LogP contribution in [0.4, 0.5) is 5.69 Å². The van der Waals surface area contributed by atoms with Gasteiger partial charge in [0.25, 0.3) is 0 Å². The Morgan fingerprint density at radius 3 is 2.46 bits per heavy atom. The second-order valence-corrected chi connectivity index (χ2v) is 6.38. The summed E-state index contributed by atoms with van der Waals surface area (Å²) in [5, 5.41) is 2.77. The number of nitrogens with one attached hydrogen (secondary N) is 1. The van der Waals surface area contributed by atoms with Gasteiger partial charge in [-0.2, -0.15) is 17.7 Å². The number of hydrogen-bond acceptors (Lipinski definition) is 4. The first-order valence-electron chi connectivity index (χ1n) is 7.09. The fraction of sp³-hybridized carbons (Fsp3) is 0.385. The fourth-order valence-corrected chi connectivity index (χ4v) is 2.95. The van der Waals surface area contributed by atoms with E-state index in [-0.39, 0.29) is 19.0 Å². The van der Waals surface area contributed by atoms with Crippen molar-refractivity contribution >= 4 is 27.8 Å². The summed E-state index contributed by atoms with van der Waals surface area (Å²) in [6.07, 6.45) is 0. The molecule has 1 aromatic rings. The third-order valence-corrected chi connectivity index (χ3v) is 4.54. The Labute approximate surface area is 140 Å². The number of nitrogens with zero attached hydrogens (tertiary/aromatic N) is 3. The summed E-state index contributed by atoms with van der Waals surface area (Å²) < 4.78 is 38.9. The van der Waals surface area contributed by atoms with E-state index in [1.807, 2.05) is 0 Å². The van der Waals surface area contributed by atoms with Gasteiger partial charge in [0.2, 0.25) is 11.9 Å². The SMILES string of the molecule is COc1ccc(N/C(N)=N/C(N)=N/S(=O)(=O)N2CCOCC2)cc1. The average Bonchev–Trinajstić information content (AvgIpc) is 2.55. The third kappa shape index (κ3) is 5.08. The molecule has 1 fully saturated rings. The van der Waals surface area contributed by atoms with Crippen LogP contribution < -0.4 is 21.5 Å². The van der Waals surface area contributed by atoms with Gasteiger partial charge in [-0.05, 0) is 24.3 Å². The summed E-state index contributed by atoms with van der Waals surface area (Å²) in [4.78, 5) is 3.74. The van der Waals surface area contributed by atoms with Gasteiger partial charge >= 0.3 is 10.2 Å². The van der Waals surface area contributed by atoms with E-state index in [1.54, 1.807) is 31.4 Å². The monoisotopic (exact) mass is 356 g/mol. The first kappa shape index (κ1) is 18.0. The van der Waals surface area contributed by atoms with Gasteiger partial charge in [-0.25, -0.2) is 0 Å². The molecule has 0 spiro atoms. The van der Waals surface area contributed by atoms with Crippen LogP contribution in [0.5, 0.6) is 5.75 Å². The lowest BCUT2D eigenvalue weighted by atomic mass is 10.3. The third-order valence-electron chi connectivity index (χ3n) is 3.10. The number of anilines is 1. The minimum absolute atomic E-state index is 0.0846. The zero-order valence-corrected chi connectivity index (χ0v) is 14.0. The van der Waals surface area contributed by atoms with E-state index < -0.39 is 16.2 Å². The highest BCUT2D eigenvalue weighted by molar-refractivity contribution is 7.87. The summed E-state index contributed by atoms with van der Waals surface area (Å²) >= 11 is 0. The van der Waals surface area contributed by atoms with Crippen LogP contribution in [0.15, 0.2) is 33.7 Å². The molecule has 0 bridgehead atoms. The molecule has 0 radical (unpaired) electrons. The Morgan fingerprint density at radius 1 is 1.25 bits per heavy atom. The molecule has 0 unspecified atom stereocenters. The molecular formula is C13H20N6O4S. The number of nitrogens with two attached hydrogens (primary N) is 2. The smallest absolute Gasteiger partial charge is 0.325 e. The molecular weight excluding hydrogens is 336 g/mol. The maximum absolute atomic E-state index is 12.1. The van der Waals surface area contributed by atoms with Gasteiger partial charge in [-0.15, -0.1) is 4.40 Å². The standard InChI is InChI=1S/C13H20N6O4S/c1-22-11-4-2-10(3-5-11)16-12(14)17-13(15)18-24(20,21)19-6-8-23-9-7-19/h2-5H,6-9H2,1H3,(H5,14,15,16,17,18). The quantitative estimate of drug-likeness (QED) is 0.478. The van der Waals surface area contributed by atoms with Crippen molar-refractivity contribution in [2.24, 2.45) is 20.9 Å². The van der Waals surface area contributed by atoms with Crippen molar-refractivity contribution in [1.29, 1.82) is 0 Å². The highest BCUT2D eigenvalue weighted by Gasteiger charge is 2.23. The number of benzene rings is 1. The van der Waals surface area contributed by atoms with Gasteiger partial charge in [-0.3, -0.25) is 0 Å². The van der Waals surface area contributed by atoms with E-state index >= 15 is 0 Å². The van der Waals surface area contributed by atoms with Crippen LogP contribution in [0.3, 0.4) is 0 Å². The first-order chi connectivity index (χ1) is 11.4. The molecule has 24 heavy (non-hydrogen) atoms. The molecule has 0 amide bonds. The number of rotatable bonds is 4. The van der Waals surface area contributed by atoms with Crippen LogP contribution in [-0.4, -0.2) is 58.1 Å². The van der Waals surface area contributed by atoms with Crippen LogP contribution >= 0.6 is 0 Å². The molecule has 1 saturated heterocycles. The molecule has 132 valence electrons. The van der Waals surface area contributed by atoms with Crippen LogP contribution in [0.2, 0.25) is 0 Å². The number of ether oxygens (including phenoxy) is 2. The van der Waals surface area contributed by atoms with E-state index in [0.717, 1.165) is 0 Å². The summed E-state index contributed by atoms with van der Waals surface area (Å²) in [7, 11) is -2.34. The minimum atomic E-state index is -3.90. The zero-order valence-electron chi connectivity index (χ0n) is 13.2. The van der Waals surface area contributed by atoms with Crippen LogP contribution in [0.1, 0.15) is 0 Å². The van der Waals surface area contributed by atoms with Gasteiger partial charge in [0.1, 0.15) is 5.75 Å². The van der Waals surface area contributed by atoms with Gasteiger partial charge in [0, 0.05) is 18.8 Å². The lowest BCUT2D eigenvalue weighted by Gasteiger charge is -2.23. The molecule has 5 N–H and O–H groups in total. The first-order valence-corrected chi connectivity index (χ1v) is 8.49. The van der Waals surface area contributed by atoms with Crippen molar-refractivity contribution in [3.05, 3.63) is 24.3 Å².